The van der Waals surface area contributed by atoms with Gasteiger partial charge in [0.1, 0.15) is 6.04 Å². The standard InChI is InChI=1S/C13H23NO5/c1-4-19-12(15)10(14-13(16)18-3)7-8-11(17-2)9-5-6-9/h9-11H,4-8H2,1-3H3,(H,14,16)/t10-,11?/m0/s1. The summed E-state index contributed by atoms with van der Waals surface area (Å²) >= 11 is 0. The maximum atomic E-state index is 11.7. The van der Waals surface area contributed by atoms with Gasteiger partial charge in [0.15, 0.2) is 0 Å². The monoisotopic (exact) mass is 273 g/mol. The molecule has 6 nitrogen and oxygen atoms in total. The van der Waals surface area contributed by atoms with Crippen molar-refractivity contribution in [2.24, 2.45) is 5.92 Å². The fourth-order valence-corrected chi connectivity index (χ4v) is 2.04. The topological polar surface area (TPSA) is 73.9 Å². The zero-order valence-electron chi connectivity index (χ0n) is 11.8. The Kier molecular flexibility index (Phi) is 6.62. The van der Waals surface area contributed by atoms with Crippen LogP contribution in [0.2, 0.25) is 0 Å². The Labute approximate surface area is 113 Å². The van der Waals surface area contributed by atoms with E-state index in [2.05, 4.69) is 10.1 Å². The largest absolute Gasteiger partial charge is 0.464 e. The second-order valence-electron chi connectivity index (χ2n) is 4.63. The molecule has 0 bridgehead atoms. The van der Waals surface area contributed by atoms with Crippen molar-refractivity contribution in [1.82, 2.24) is 5.32 Å². The number of alkyl carbamates (subject to hydrolysis) is 1. The SMILES string of the molecule is CCOC(=O)[C@H](CCC(OC)C1CC1)NC(=O)OC. The maximum absolute atomic E-state index is 11.7. The van der Waals surface area contributed by atoms with E-state index >= 15 is 0 Å². The maximum Gasteiger partial charge on any atom is 0.407 e. The van der Waals surface area contributed by atoms with Crippen LogP contribution in [-0.4, -0.2) is 45.0 Å². The summed E-state index contributed by atoms with van der Waals surface area (Å²) in [7, 11) is 2.94. The average Bonchev–Trinajstić information content (AvgIpc) is 3.22. The number of hydrogen-bond donors (Lipinski definition) is 1. The van der Waals surface area contributed by atoms with Crippen molar-refractivity contribution in [3.63, 3.8) is 0 Å². The number of carbonyl (C=O) groups excluding carboxylic acids is 2. The van der Waals surface area contributed by atoms with Crippen LogP contribution in [0.1, 0.15) is 32.6 Å². The van der Waals surface area contributed by atoms with Crippen LogP contribution in [0.5, 0.6) is 0 Å². The summed E-state index contributed by atoms with van der Waals surface area (Å²) in [5, 5.41) is 2.50. The van der Waals surface area contributed by atoms with Crippen molar-refractivity contribution in [3.05, 3.63) is 0 Å². The fourth-order valence-electron chi connectivity index (χ4n) is 2.04. The van der Waals surface area contributed by atoms with Crippen molar-refractivity contribution >= 4 is 12.1 Å². The lowest BCUT2D eigenvalue weighted by molar-refractivity contribution is -0.145. The van der Waals surface area contributed by atoms with E-state index in [1.807, 2.05) is 0 Å². The summed E-state index contributed by atoms with van der Waals surface area (Å²) in [4.78, 5) is 23.0. The Bertz CT molecular complexity index is 303. The van der Waals surface area contributed by atoms with E-state index in [-0.39, 0.29) is 12.7 Å². The number of methoxy groups -OCH3 is 2. The van der Waals surface area contributed by atoms with Gasteiger partial charge in [-0.15, -0.1) is 0 Å². The smallest absolute Gasteiger partial charge is 0.407 e. The van der Waals surface area contributed by atoms with Crippen molar-refractivity contribution in [2.75, 3.05) is 20.8 Å². The summed E-state index contributed by atoms with van der Waals surface area (Å²) in [6.07, 6.45) is 3.08. The second-order valence-corrected chi connectivity index (χ2v) is 4.63. The Morgan fingerprint density at radius 3 is 2.42 bits per heavy atom. The van der Waals surface area contributed by atoms with Gasteiger partial charge in [0.05, 0.1) is 19.8 Å². The first-order chi connectivity index (χ1) is 9.12. The zero-order valence-corrected chi connectivity index (χ0v) is 11.8. The van der Waals surface area contributed by atoms with E-state index < -0.39 is 18.1 Å². The van der Waals surface area contributed by atoms with Crippen LogP contribution in [0.4, 0.5) is 4.79 Å². The summed E-state index contributed by atoms with van der Waals surface area (Å²) in [6, 6.07) is -0.677. The third-order valence-corrected chi connectivity index (χ3v) is 3.24. The van der Waals surface area contributed by atoms with Gasteiger partial charge in [0, 0.05) is 7.11 Å². The summed E-state index contributed by atoms with van der Waals surface area (Å²) < 4.78 is 14.9. The van der Waals surface area contributed by atoms with Gasteiger partial charge < -0.3 is 19.5 Å². The highest BCUT2D eigenvalue weighted by Crippen LogP contribution is 2.36. The predicted octanol–water partition coefficient (Wildman–Crippen LogP) is 1.48. The molecule has 0 aromatic carbocycles. The molecule has 0 aromatic rings. The molecule has 6 heteroatoms. The highest BCUT2D eigenvalue weighted by Gasteiger charge is 2.32. The quantitative estimate of drug-likeness (QED) is 0.678. The normalized spacial score (nSPS) is 17.4. The van der Waals surface area contributed by atoms with E-state index in [1.165, 1.54) is 20.0 Å². The lowest BCUT2D eigenvalue weighted by Crippen LogP contribution is -2.42. The molecule has 0 radical (unpaired) electrons. The molecule has 0 aliphatic heterocycles. The van der Waals surface area contributed by atoms with E-state index in [4.69, 9.17) is 9.47 Å². The van der Waals surface area contributed by atoms with E-state index in [1.54, 1.807) is 14.0 Å². The Balaban J connectivity index is 2.46. The Morgan fingerprint density at radius 2 is 1.95 bits per heavy atom. The van der Waals surface area contributed by atoms with Crippen LogP contribution >= 0.6 is 0 Å². The molecule has 0 aromatic heterocycles. The van der Waals surface area contributed by atoms with Crippen LogP contribution in [-0.2, 0) is 19.0 Å². The summed E-state index contributed by atoms with van der Waals surface area (Å²) in [5.41, 5.74) is 0. The first-order valence-corrected chi connectivity index (χ1v) is 6.66. The number of rotatable bonds is 8. The van der Waals surface area contributed by atoms with Gasteiger partial charge in [-0.05, 0) is 38.5 Å². The molecule has 1 saturated carbocycles. The minimum absolute atomic E-state index is 0.149. The van der Waals surface area contributed by atoms with Gasteiger partial charge in [-0.1, -0.05) is 0 Å². The van der Waals surface area contributed by atoms with E-state index in [9.17, 15) is 9.59 Å². The minimum atomic E-state index is -0.677. The molecular formula is C13H23NO5. The zero-order chi connectivity index (χ0) is 14.3. The predicted molar refractivity (Wildman–Crippen MR) is 68.7 cm³/mol. The number of esters is 1. The van der Waals surface area contributed by atoms with Crippen LogP contribution in [0, 0.1) is 5.92 Å². The van der Waals surface area contributed by atoms with Crippen molar-refractivity contribution in [1.29, 1.82) is 0 Å². The molecule has 1 unspecified atom stereocenters. The molecule has 0 heterocycles. The van der Waals surface area contributed by atoms with Gasteiger partial charge in [-0.3, -0.25) is 0 Å². The molecule has 1 aliphatic rings. The molecule has 1 fully saturated rings. The van der Waals surface area contributed by atoms with Crippen LogP contribution in [0.3, 0.4) is 0 Å². The molecule has 110 valence electrons. The van der Waals surface area contributed by atoms with E-state index in [0.717, 1.165) is 0 Å². The summed E-state index contributed by atoms with van der Waals surface area (Å²) in [5.74, 6) is 0.157. The number of amides is 1. The highest BCUT2D eigenvalue weighted by molar-refractivity contribution is 5.81. The number of ether oxygens (including phenoxy) is 3. The number of nitrogens with one attached hydrogen (secondary N) is 1. The van der Waals surface area contributed by atoms with Gasteiger partial charge in [-0.25, -0.2) is 9.59 Å². The Hall–Kier alpha value is -1.30. The van der Waals surface area contributed by atoms with Gasteiger partial charge in [0.2, 0.25) is 0 Å². The molecule has 0 saturated heterocycles. The van der Waals surface area contributed by atoms with Gasteiger partial charge >= 0.3 is 12.1 Å². The molecular weight excluding hydrogens is 250 g/mol. The fraction of sp³-hybridized carbons (Fsp3) is 0.846. The second kappa shape index (κ2) is 7.99. The van der Waals surface area contributed by atoms with Crippen molar-refractivity contribution < 1.29 is 23.8 Å². The van der Waals surface area contributed by atoms with Crippen LogP contribution in [0.25, 0.3) is 0 Å². The van der Waals surface area contributed by atoms with Crippen LogP contribution < -0.4 is 5.32 Å². The first kappa shape index (κ1) is 15.8. The van der Waals surface area contributed by atoms with Crippen LogP contribution in [0.15, 0.2) is 0 Å². The summed E-state index contributed by atoms with van der Waals surface area (Å²) in [6.45, 7) is 2.02. The average molecular weight is 273 g/mol. The number of carbonyl (C=O) groups is 2. The first-order valence-electron chi connectivity index (χ1n) is 6.66. The lowest BCUT2D eigenvalue weighted by atomic mass is 10.0. The third kappa shape index (κ3) is 5.46. The molecule has 2 atom stereocenters. The molecule has 1 N–H and O–H groups in total. The van der Waals surface area contributed by atoms with Crippen molar-refractivity contribution in [3.8, 4) is 0 Å². The van der Waals surface area contributed by atoms with Gasteiger partial charge in [0.25, 0.3) is 0 Å². The highest BCUT2D eigenvalue weighted by atomic mass is 16.5. The molecule has 19 heavy (non-hydrogen) atoms. The number of hydrogen-bond acceptors (Lipinski definition) is 5. The van der Waals surface area contributed by atoms with Crippen molar-refractivity contribution in [2.45, 2.75) is 44.8 Å². The van der Waals surface area contributed by atoms with E-state index in [0.29, 0.717) is 18.8 Å². The molecule has 1 rings (SSSR count). The molecule has 1 amide bonds. The molecule has 1 aliphatic carbocycles. The third-order valence-electron chi connectivity index (χ3n) is 3.24. The lowest BCUT2D eigenvalue weighted by Gasteiger charge is -2.19. The van der Waals surface area contributed by atoms with Gasteiger partial charge in [-0.2, -0.15) is 0 Å². The minimum Gasteiger partial charge on any atom is -0.464 e. The molecule has 0 spiro atoms. The Morgan fingerprint density at radius 1 is 1.26 bits per heavy atom.